The summed E-state index contributed by atoms with van der Waals surface area (Å²) < 4.78 is 19.9. The second-order valence-electron chi connectivity index (χ2n) is 8.65. The maximum absolute atomic E-state index is 13.7. The van der Waals surface area contributed by atoms with Gasteiger partial charge in [-0.3, -0.25) is 19.4 Å². The highest BCUT2D eigenvalue weighted by molar-refractivity contribution is 7.22. The molecule has 0 bridgehead atoms. The van der Waals surface area contributed by atoms with Crippen LogP contribution in [0.2, 0.25) is 0 Å². The first-order valence-corrected chi connectivity index (χ1v) is 12.4. The Kier molecular flexibility index (Phi) is 8.33. The summed E-state index contributed by atoms with van der Waals surface area (Å²) in [6, 6.07) is 13.9. The molecule has 1 unspecified atom stereocenters. The molecule has 2 fully saturated rings. The van der Waals surface area contributed by atoms with Crippen molar-refractivity contribution in [3.05, 3.63) is 54.3 Å². The third kappa shape index (κ3) is 5.81. The summed E-state index contributed by atoms with van der Waals surface area (Å²) in [5.74, 6) is -0.926. The van der Waals surface area contributed by atoms with Gasteiger partial charge in [-0.25, -0.2) is 9.37 Å². The van der Waals surface area contributed by atoms with Crippen molar-refractivity contribution in [3.8, 4) is 0 Å². The molecule has 0 aliphatic carbocycles. The van der Waals surface area contributed by atoms with E-state index < -0.39 is 5.92 Å². The van der Waals surface area contributed by atoms with Crippen molar-refractivity contribution in [3.63, 3.8) is 0 Å². The van der Waals surface area contributed by atoms with E-state index in [1.807, 2.05) is 30.3 Å². The number of carbonyl (C=O) groups is 2. The zero-order valence-electron chi connectivity index (χ0n) is 19.3. The number of nitrogens with zero attached hydrogens (tertiary/aromatic N) is 4. The molecule has 0 spiro atoms. The number of rotatable bonds is 7. The predicted molar refractivity (Wildman–Crippen MR) is 138 cm³/mol. The maximum atomic E-state index is 13.7. The minimum absolute atomic E-state index is 0. The van der Waals surface area contributed by atoms with Gasteiger partial charge in [-0.05, 0) is 36.8 Å². The number of aromatic nitrogens is 1. The van der Waals surface area contributed by atoms with Crippen molar-refractivity contribution in [2.24, 2.45) is 5.92 Å². The average molecular weight is 519 g/mol. The van der Waals surface area contributed by atoms with Gasteiger partial charge in [-0.2, -0.15) is 0 Å². The molecule has 0 radical (unpaired) electrons. The van der Waals surface area contributed by atoms with Gasteiger partial charge in [-0.1, -0.05) is 29.5 Å². The molecule has 3 heterocycles. The lowest BCUT2D eigenvalue weighted by Gasteiger charge is -2.28. The van der Waals surface area contributed by atoms with Crippen LogP contribution in [0.15, 0.2) is 48.5 Å². The van der Waals surface area contributed by atoms with Gasteiger partial charge in [0.1, 0.15) is 5.82 Å². The zero-order valence-corrected chi connectivity index (χ0v) is 20.9. The van der Waals surface area contributed by atoms with E-state index in [1.165, 1.54) is 23.5 Å². The lowest BCUT2D eigenvalue weighted by molar-refractivity contribution is -0.124. The molecule has 1 atom stereocenters. The standard InChI is InChI=1S/C25H27FN4O3S.ClH/c26-19-7-8-21-22(16-19)34-25(27-21)29(10-4-9-28-11-13-33-14-12-28)24(32)18-15-23(31)30(17-18)20-5-2-1-3-6-20;/h1-3,5-8,16,18H,4,9-15,17H2;1H. The normalized spacial score (nSPS) is 18.6. The zero-order chi connectivity index (χ0) is 23.5. The Labute approximate surface area is 213 Å². The summed E-state index contributed by atoms with van der Waals surface area (Å²) in [7, 11) is 0. The number of para-hydroxylation sites is 1. The minimum Gasteiger partial charge on any atom is -0.379 e. The van der Waals surface area contributed by atoms with E-state index in [9.17, 15) is 14.0 Å². The molecule has 2 amide bonds. The highest BCUT2D eigenvalue weighted by Gasteiger charge is 2.38. The largest absolute Gasteiger partial charge is 0.379 e. The highest BCUT2D eigenvalue weighted by Crippen LogP contribution is 2.33. The second kappa shape index (κ2) is 11.4. The molecular weight excluding hydrogens is 491 g/mol. The molecule has 2 aromatic carbocycles. The number of thiazole rings is 1. The summed E-state index contributed by atoms with van der Waals surface area (Å²) in [5, 5.41) is 0.554. The first-order valence-electron chi connectivity index (χ1n) is 11.6. The Morgan fingerprint density at radius 1 is 1.17 bits per heavy atom. The fourth-order valence-electron chi connectivity index (χ4n) is 4.53. The monoisotopic (exact) mass is 518 g/mol. The van der Waals surface area contributed by atoms with Gasteiger partial charge in [-0.15, -0.1) is 12.4 Å². The van der Waals surface area contributed by atoms with Gasteiger partial charge in [0, 0.05) is 44.8 Å². The molecule has 2 aliphatic heterocycles. The van der Waals surface area contributed by atoms with Gasteiger partial charge in [0.2, 0.25) is 11.8 Å². The van der Waals surface area contributed by atoms with Crippen molar-refractivity contribution in [1.29, 1.82) is 0 Å². The molecule has 5 rings (SSSR count). The van der Waals surface area contributed by atoms with Crippen LogP contribution in [-0.2, 0) is 14.3 Å². The van der Waals surface area contributed by atoms with Crippen molar-refractivity contribution < 1.29 is 18.7 Å². The van der Waals surface area contributed by atoms with Crippen LogP contribution in [0.25, 0.3) is 10.2 Å². The van der Waals surface area contributed by atoms with Crippen LogP contribution in [0.1, 0.15) is 12.8 Å². The van der Waals surface area contributed by atoms with E-state index >= 15 is 0 Å². The minimum atomic E-state index is -0.445. The predicted octanol–water partition coefficient (Wildman–Crippen LogP) is 3.97. The smallest absolute Gasteiger partial charge is 0.234 e. The van der Waals surface area contributed by atoms with Gasteiger partial charge >= 0.3 is 0 Å². The number of halogens is 2. The number of morpholine rings is 1. The summed E-state index contributed by atoms with van der Waals surface area (Å²) in [4.78, 5) is 36.8. The number of hydrogen-bond donors (Lipinski definition) is 0. The molecule has 35 heavy (non-hydrogen) atoms. The Hall–Kier alpha value is -2.59. The third-order valence-electron chi connectivity index (χ3n) is 6.34. The molecule has 2 saturated heterocycles. The topological polar surface area (TPSA) is 66.0 Å². The van der Waals surface area contributed by atoms with E-state index in [4.69, 9.17) is 4.74 Å². The fourth-order valence-corrected chi connectivity index (χ4v) is 5.55. The Balaban J connectivity index is 0.00000289. The summed E-state index contributed by atoms with van der Waals surface area (Å²) in [6.07, 6.45) is 0.951. The fraction of sp³-hybridized carbons (Fsp3) is 0.400. The number of anilines is 2. The summed E-state index contributed by atoms with van der Waals surface area (Å²) in [5.41, 5.74) is 1.47. The molecule has 3 aromatic rings. The first-order chi connectivity index (χ1) is 16.6. The first kappa shape index (κ1) is 25.5. The SMILES string of the molecule is Cl.O=C1CC(C(=O)N(CCCN2CCOCC2)c2nc3ccc(F)cc3s2)CN1c1ccccc1. The van der Waals surface area contributed by atoms with Crippen LogP contribution in [0.4, 0.5) is 15.2 Å². The lowest BCUT2D eigenvalue weighted by Crippen LogP contribution is -2.41. The van der Waals surface area contributed by atoms with Crippen molar-refractivity contribution in [1.82, 2.24) is 9.88 Å². The van der Waals surface area contributed by atoms with E-state index in [1.54, 1.807) is 15.9 Å². The van der Waals surface area contributed by atoms with E-state index in [2.05, 4.69) is 9.88 Å². The molecule has 10 heteroatoms. The molecule has 7 nitrogen and oxygen atoms in total. The van der Waals surface area contributed by atoms with Crippen LogP contribution in [0, 0.1) is 11.7 Å². The number of amides is 2. The number of ether oxygens (including phenoxy) is 1. The molecular formula is C25H28ClFN4O3S. The molecule has 0 saturated carbocycles. The third-order valence-corrected chi connectivity index (χ3v) is 7.38. The van der Waals surface area contributed by atoms with Gasteiger partial charge < -0.3 is 9.64 Å². The van der Waals surface area contributed by atoms with Crippen LogP contribution >= 0.6 is 23.7 Å². The second-order valence-corrected chi connectivity index (χ2v) is 9.66. The Morgan fingerprint density at radius 3 is 2.71 bits per heavy atom. The van der Waals surface area contributed by atoms with Crippen LogP contribution in [-0.4, -0.2) is 67.6 Å². The van der Waals surface area contributed by atoms with Gasteiger partial charge in [0.15, 0.2) is 5.13 Å². The van der Waals surface area contributed by atoms with Crippen LogP contribution in [0.5, 0.6) is 0 Å². The molecule has 0 N–H and O–H groups in total. The number of fused-ring (bicyclic) bond motifs is 1. The summed E-state index contributed by atoms with van der Waals surface area (Å²) in [6.45, 7) is 4.92. The maximum Gasteiger partial charge on any atom is 0.234 e. The van der Waals surface area contributed by atoms with Gasteiger partial charge in [0.25, 0.3) is 0 Å². The molecule has 186 valence electrons. The molecule has 2 aliphatic rings. The molecule has 1 aromatic heterocycles. The van der Waals surface area contributed by atoms with Crippen molar-refractivity contribution in [2.45, 2.75) is 12.8 Å². The van der Waals surface area contributed by atoms with Crippen molar-refractivity contribution in [2.75, 3.05) is 55.7 Å². The Morgan fingerprint density at radius 2 is 1.94 bits per heavy atom. The lowest BCUT2D eigenvalue weighted by atomic mass is 10.1. The van der Waals surface area contributed by atoms with Crippen molar-refractivity contribution >= 4 is 56.6 Å². The van der Waals surface area contributed by atoms with E-state index in [0.29, 0.717) is 28.4 Å². The quantitative estimate of drug-likeness (QED) is 0.473. The Bertz CT molecular complexity index is 1170. The summed E-state index contributed by atoms with van der Waals surface area (Å²) >= 11 is 1.31. The average Bonchev–Trinajstić information content (AvgIpc) is 3.45. The number of carbonyl (C=O) groups excluding carboxylic acids is 2. The van der Waals surface area contributed by atoms with E-state index in [-0.39, 0.29) is 36.5 Å². The van der Waals surface area contributed by atoms with Crippen LogP contribution < -0.4 is 9.80 Å². The number of benzene rings is 2. The van der Waals surface area contributed by atoms with Crippen LogP contribution in [0.3, 0.4) is 0 Å². The van der Waals surface area contributed by atoms with Gasteiger partial charge in [0.05, 0.1) is 29.3 Å². The highest BCUT2D eigenvalue weighted by atomic mass is 35.5. The van der Waals surface area contributed by atoms with E-state index in [0.717, 1.165) is 45.0 Å². The number of hydrogen-bond acceptors (Lipinski definition) is 6.